The van der Waals surface area contributed by atoms with Gasteiger partial charge >= 0.3 is 0 Å². The van der Waals surface area contributed by atoms with Crippen molar-refractivity contribution in [2.75, 3.05) is 5.43 Å². The van der Waals surface area contributed by atoms with Crippen LogP contribution in [0.25, 0.3) is 0 Å². The number of nitrogen functional groups attached to an aromatic ring is 1. The van der Waals surface area contributed by atoms with E-state index in [2.05, 4.69) is 10.4 Å². The molecule has 1 aromatic heterocycles. The molecule has 2 rings (SSSR count). The van der Waals surface area contributed by atoms with E-state index in [9.17, 15) is 4.39 Å². The first-order chi connectivity index (χ1) is 8.28. The number of nitrogens with two attached hydrogens (primary N) is 1. The van der Waals surface area contributed by atoms with E-state index in [4.69, 9.17) is 5.84 Å². The van der Waals surface area contributed by atoms with Gasteiger partial charge in [-0.25, -0.2) is 15.2 Å². The van der Waals surface area contributed by atoms with Crippen molar-refractivity contribution in [1.82, 2.24) is 4.98 Å². The van der Waals surface area contributed by atoms with Crippen LogP contribution in [-0.2, 0) is 5.75 Å². The quantitative estimate of drug-likeness (QED) is 0.497. The summed E-state index contributed by atoms with van der Waals surface area (Å²) in [6.45, 7) is 0. The summed E-state index contributed by atoms with van der Waals surface area (Å²) >= 11 is 1.54. The van der Waals surface area contributed by atoms with E-state index in [1.165, 1.54) is 23.9 Å². The molecule has 0 unspecified atom stereocenters. The highest BCUT2D eigenvalue weighted by molar-refractivity contribution is 7.98. The molecule has 3 N–H and O–H groups in total. The summed E-state index contributed by atoms with van der Waals surface area (Å²) in [5.41, 5.74) is 3.39. The molecule has 0 saturated heterocycles. The van der Waals surface area contributed by atoms with Gasteiger partial charge in [-0.1, -0.05) is 12.1 Å². The fourth-order valence-corrected chi connectivity index (χ4v) is 2.20. The molecule has 1 aromatic carbocycles. The zero-order valence-corrected chi connectivity index (χ0v) is 9.88. The highest BCUT2D eigenvalue weighted by Crippen LogP contribution is 2.22. The van der Waals surface area contributed by atoms with Gasteiger partial charge in [-0.2, -0.15) is 0 Å². The van der Waals surface area contributed by atoms with E-state index in [0.717, 1.165) is 10.6 Å². The number of hydrazine groups is 1. The summed E-state index contributed by atoms with van der Waals surface area (Å²) in [6.07, 6.45) is 0. The Kier molecular flexibility index (Phi) is 3.95. The zero-order chi connectivity index (χ0) is 12.1. The van der Waals surface area contributed by atoms with E-state index in [1.54, 1.807) is 12.1 Å². The van der Waals surface area contributed by atoms with Crippen molar-refractivity contribution in [3.63, 3.8) is 0 Å². The normalized spacial score (nSPS) is 10.2. The summed E-state index contributed by atoms with van der Waals surface area (Å²) in [5, 5.41) is 0. The number of nitrogens with one attached hydrogen (secondary N) is 1. The van der Waals surface area contributed by atoms with Crippen molar-refractivity contribution >= 4 is 17.6 Å². The number of hydrogen-bond donors (Lipinski definition) is 2. The van der Waals surface area contributed by atoms with E-state index < -0.39 is 0 Å². The highest BCUT2D eigenvalue weighted by Gasteiger charge is 2.00. The Balaban J connectivity index is 2.02. The number of thioether (sulfide) groups is 1. The average Bonchev–Trinajstić information content (AvgIpc) is 2.37. The van der Waals surface area contributed by atoms with Crippen LogP contribution >= 0.6 is 11.8 Å². The first-order valence-corrected chi connectivity index (χ1v) is 6.07. The fourth-order valence-electron chi connectivity index (χ4n) is 1.35. The van der Waals surface area contributed by atoms with Crippen LogP contribution in [0.3, 0.4) is 0 Å². The molecule has 3 nitrogen and oxygen atoms in total. The lowest BCUT2D eigenvalue weighted by Crippen LogP contribution is -2.08. The van der Waals surface area contributed by atoms with Crippen molar-refractivity contribution in [2.45, 2.75) is 10.6 Å². The largest absolute Gasteiger partial charge is 0.308 e. The minimum Gasteiger partial charge on any atom is -0.308 e. The molecular weight excluding hydrogens is 237 g/mol. The molecule has 1 heterocycles. The third kappa shape index (κ3) is 3.44. The molecule has 0 aliphatic carbocycles. The first kappa shape index (κ1) is 11.9. The van der Waals surface area contributed by atoms with Gasteiger partial charge in [0.05, 0.1) is 5.69 Å². The second-order valence-corrected chi connectivity index (χ2v) is 4.45. The van der Waals surface area contributed by atoms with Crippen molar-refractivity contribution in [3.05, 3.63) is 54.0 Å². The van der Waals surface area contributed by atoms with Gasteiger partial charge in [0.15, 0.2) is 0 Å². The Morgan fingerprint density at radius 3 is 2.82 bits per heavy atom. The number of nitrogens with zero attached hydrogens (tertiary/aromatic N) is 1. The zero-order valence-electron chi connectivity index (χ0n) is 9.06. The minimum atomic E-state index is -0.222. The van der Waals surface area contributed by atoms with Gasteiger partial charge in [-0.15, -0.1) is 11.8 Å². The Labute approximate surface area is 103 Å². The molecule has 0 spiro atoms. The van der Waals surface area contributed by atoms with Gasteiger partial charge < -0.3 is 5.43 Å². The van der Waals surface area contributed by atoms with E-state index in [1.807, 2.05) is 18.2 Å². The van der Waals surface area contributed by atoms with Crippen LogP contribution in [0.2, 0.25) is 0 Å². The molecule has 0 aliphatic heterocycles. The van der Waals surface area contributed by atoms with Crippen LogP contribution in [0.5, 0.6) is 0 Å². The lowest BCUT2D eigenvalue weighted by Gasteiger charge is -2.04. The maximum absolute atomic E-state index is 13.0. The predicted octanol–water partition coefficient (Wildman–Crippen LogP) is 2.80. The SMILES string of the molecule is NNc1cccc(CSc2cccc(F)c2)n1. The third-order valence-corrected chi connectivity index (χ3v) is 3.16. The summed E-state index contributed by atoms with van der Waals surface area (Å²) in [4.78, 5) is 5.16. The molecular formula is C12H12FN3S. The molecule has 5 heteroatoms. The van der Waals surface area contributed by atoms with E-state index in [-0.39, 0.29) is 5.82 Å². The number of rotatable bonds is 4. The molecule has 0 bridgehead atoms. The van der Waals surface area contributed by atoms with Gasteiger partial charge in [0.25, 0.3) is 0 Å². The molecule has 0 radical (unpaired) electrons. The standard InChI is InChI=1S/C12H12FN3S/c13-9-3-1-5-11(7-9)17-8-10-4-2-6-12(15-10)16-14/h1-7H,8,14H2,(H,15,16). The Hall–Kier alpha value is -1.59. The van der Waals surface area contributed by atoms with Crippen molar-refractivity contribution < 1.29 is 4.39 Å². The maximum atomic E-state index is 13.0. The third-order valence-electron chi connectivity index (χ3n) is 2.14. The number of hydrogen-bond acceptors (Lipinski definition) is 4. The van der Waals surface area contributed by atoms with Crippen molar-refractivity contribution in [1.29, 1.82) is 0 Å². The molecule has 0 saturated carbocycles. The average molecular weight is 249 g/mol. The number of pyridine rings is 1. The predicted molar refractivity (Wildman–Crippen MR) is 68.0 cm³/mol. The lowest BCUT2D eigenvalue weighted by atomic mass is 10.3. The molecule has 17 heavy (non-hydrogen) atoms. The number of anilines is 1. The van der Waals surface area contributed by atoms with Gasteiger partial charge in [-0.05, 0) is 30.3 Å². The van der Waals surface area contributed by atoms with Crippen LogP contribution < -0.4 is 11.3 Å². The summed E-state index contributed by atoms with van der Waals surface area (Å²) in [5.74, 6) is 6.36. The minimum absolute atomic E-state index is 0.222. The number of benzene rings is 1. The van der Waals surface area contributed by atoms with Crippen LogP contribution in [-0.4, -0.2) is 4.98 Å². The van der Waals surface area contributed by atoms with Crippen LogP contribution in [0.1, 0.15) is 5.69 Å². The second kappa shape index (κ2) is 5.65. The molecule has 0 fully saturated rings. The molecule has 0 amide bonds. The smallest absolute Gasteiger partial charge is 0.140 e. The lowest BCUT2D eigenvalue weighted by molar-refractivity contribution is 0.624. The first-order valence-electron chi connectivity index (χ1n) is 5.09. The number of halogens is 1. The van der Waals surface area contributed by atoms with Gasteiger partial charge in [0.1, 0.15) is 11.6 Å². The summed E-state index contributed by atoms with van der Waals surface area (Å²) < 4.78 is 13.0. The van der Waals surface area contributed by atoms with Crippen LogP contribution in [0.15, 0.2) is 47.4 Å². The Morgan fingerprint density at radius 1 is 1.24 bits per heavy atom. The molecule has 0 atom stereocenters. The molecule has 0 aliphatic rings. The van der Waals surface area contributed by atoms with E-state index in [0.29, 0.717) is 11.6 Å². The molecule has 88 valence electrons. The van der Waals surface area contributed by atoms with Gasteiger partial charge in [-0.3, -0.25) is 0 Å². The van der Waals surface area contributed by atoms with Crippen molar-refractivity contribution in [2.24, 2.45) is 5.84 Å². The van der Waals surface area contributed by atoms with Crippen LogP contribution in [0.4, 0.5) is 10.2 Å². The topological polar surface area (TPSA) is 50.9 Å². The summed E-state index contributed by atoms with van der Waals surface area (Å²) in [6, 6.07) is 12.1. The van der Waals surface area contributed by atoms with Gasteiger partial charge in [0, 0.05) is 10.6 Å². The molecule has 2 aromatic rings. The fraction of sp³-hybridized carbons (Fsp3) is 0.0833. The second-order valence-electron chi connectivity index (χ2n) is 3.40. The Morgan fingerprint density at radius 2 is 2.06 bits per heavy atom. The number of aromatic nitrogens is 1. The maximum Gasteiger partial charge on any atom is 0.140 e. The van der Waals surface area contributed by atoms with Crippen molar-refractivity contribution in [3.8, 4) is 0 Å². The Bertz CT molecular complexity index is 505. The van der Waals surface area contributed by atoms with E-state index >= 15 is 0 Å². The highest BCUT2D eigenvalue weighted by atomic mass is 32.2. The van der Waals surface area contributed by atoms with Gasteiger partial charge in [0.2, 0.25) is 0 Å². The monoisotopic (exact) mass is 249 g/mol. The summed E-state index contributed by atoms with van der Waals surface area (Å²) in [7, 11) is 0. The van der Waals surface area contributed by atoms with Crippen LogP contribution in [0, 0.1) is 5.82 Å².